The molecule has 2 N–H and O–H groups in total. The highest BCUT2D eigenvalue weighted by molar-refractivity contribution is 5.97. The molecule has 0 aromatic heterocycles. The highest BCUT2D eigenvalue weighted by Gasteiger charge is 2.31. The Morgan fingerprint density at radius 1 is 1.22 bits per heavy atom. The fraction of sp³-hybridized carbons (Fsp3) is 0.556. The number of rotatable bonds is 3. The fourth-order valence-corrected chi connectivity index (χ4v) is 2.89. The van der Waals surface area contributed by atoms with Gasteiger partial charge < -0.3 is 5.32 Å². The molecule has 1 heterocycles. The fourth-order valence-electron chi connectivity index (χ4n) is 2.89. The van der Waals surface area contributed by atoms with Gasteiger partial charge in [-0.25, -0.2) is 4.79 Å². The molecule has 1 saturated heterocycles. The van der Waals surface area contributed by atoms with Gasteiger partial charge in [0.25, 0.3) is 0 Å². The summed E-state index contributed by atoms with van der Waals surface area (Å²) in [6.45, 7) is 9.21. The normalized spacial score (nSPS) is 20.1. The van der Waals surface area contributed by atoms with E-state index in [1.54, 1.807) is 0 Å². The van der Waals surface area contributed by atoms with E-state index in [0.29, 0.717) is 5.92 Å². The van der Waals surface area contributed by atoms with Crippen LogP contribution >= 0.6 is 0 Å². The van der Waals surface area contributed by atoms with E-state index in [9.17, 15) is 9.59 Å². The number of carbonyl (C=O) groups excluding carboxylic acids is 2. The Morgan fingerprint density at radius 2 is 1.87 bits per heavy atom. The van der Waals surface area contributed by atoms with Crippen LogP contribution in [0, 0.1) is 0 Å². The topological polar surface area (TPSA) is 61.4 Å². The molecule has 0 unspecified atom stereocenters. The third-order valence-electron chi connectivity index (χ3n) is 4.14. The summed E-state index contributed by atoms with van der Waals surface area (Å²) in [5.41, 5.74) is 0.952. The molecule has 1 aromatic carbocycles. The minimum atomic E-state index is -0.437. The third kappa shape index (κ3) is 5.06. The lowest BCUT2D eigenvalue weighted by atomic mass is 9.99. The molecular weight excluding hydrogens is 290 g/mol. The Hall–Kier alpha value is -1.88. The van der Waals surface area contributed by atoms with Crippen molar-refractivity contribution in [2.45, 2.75) is 51.6 Å². The minimum Gasteiger partial charge on any atom is -0.333 e. The van der Waals surface area contributed by atoms with Crippen LogP contribution in [0.1, 0.15) is 45.6 Å². The number of amides is 3. The van der Waals surface area contributed by atoms with Gasteiger partial charge in [-0.1, -0.05) is 30.3 Å². The Bertz CT molecular complexity index is 551. The molecule has 2 atom stereocenters. The van der Waals surface area contributed by atoms with E-state index in [0.717, 1.165) is 19.5 Å². The van der Waals surface area contributed by atoms with E-state index in [1.165, 1.54) is 5.56 Å². The van der Waals surface area contributed by atoms with Crippen molar-refractivity contribution in [3.05, 3.63) is 35.9 Å². The Kier molecular flexibility index (Phi) is 5.42. The summed E-state index contributed by atoms with van der Waals surface area (Å²) in [5.74, 6) is 0.204. The van der Waals surface area contributed by atoms with Crippen LogP contribution in [-0.2, 0) is 4.79 Å². The van der Waals surface area contributed by atoms with E-state index < -0.39 is 6.03 Å². The summed E-state index contributed by atoms with van der Waals surface area (Å²) in [4.78, 5) is 26.2. The molecule has 23 heavy (non-hydrogen) atoms. The molecule has 0 saturated carbocycles. The molecule has 3 amide bonds. The average molecular weight is 317 g/mol. The van der Waals surface area contributed by atoms with Crippen molar-refractivity contribution in [1.82, 2.24) is 15.5 Å². The number of urea groups is 1. The number of hydrogen-bond donors (Lipinski definition) is 2. The van der Waals surface area contributed by atoms with Crippen LogP contribution in [0.15, 0.2) is 30.3 Å². The van der Waals surface area contributed by atoms with Crippen molar-refractivity contribution in [2.24, 2.45) is 0 Å². The zero-order valence-electron chi connectivity index (χ0n) is 14.4. The average Bonchev–Trinajstić information content (AvgIpc) is 2.95. The summed E-state index contributed by atoms with van der Waals surface area (Å²) in [5, 5.41) is 5.18. The van der Waals surface area contributed by atoms with Gasteiger partial charge in [-0.05, 0) is 52.1 Å². The van der Waals surface area contributed by atoms with Crippen LogP contribution in [0.4, 0.5) is 4.79 Å². The predicted octanol–water partition coefficient (Wildman–Crippen LogP) is 2.49. The zero-order chi connectivity index (χ0) is 17.0. The molecule has 1 fully saturated rings. The Labute approximate surface area is 138 Å². The SMILES string of the molecule is C[C@@H](C(=O)NC(=O)NC(C)(C)C)N1CC[C@H](c2ccccc2)C1. The lowest BCUT2D eigenvalue weighted by Gasteiger charge is -2.25. The van der Waals surface area contributed by atoms with Crippen LogP contribution in [0.5, 0.6) is 0 Å². The number of nitrogens with one attached hydrogen (secondary N) is 2. The minimum absolute atomic E-state index is 0.250. The van der Waals surface area contributed by atoms with Crippen LogP contribution in [0.25, 0.3) is 0 Å². The summed E-state index contributed by atoms with van der Waals surface area (Å²) in [6.07, 6.45) is 1.04. The van der Waals surface area contributed by atoms with Gasteiger partial charge in [0.1, 0.15) is 0 Å². The first-order valence-electron chi connectivity index (χ1n) is 8.18. The molecular formula is C18H27N3O2. The summed E-state index contributed by atoms with van der Waals surface area (Å²) in [6, 6.07) is 9.63. The number of nitrogens with zero attached hydrogens (tertiary/aromatic N) is 1. The van der Waals surface area contributed by atoms with Gasteiger partial charge in [-0.2, -0.15) is 0 Å². The van der Waals surface area contributed by atoms with Crippen molar-refractivity contribution in [1.29, 1.82) is 0 Å². The van der Waals surface area contributed by atoms with Crippen LogP contribution in [-0.4, -0.2) is 41.5 Å². The number of benzene rings is 1. The highest BCUT2D eigenvalue weighted by atomic mass is 16.2. The van der Waals surface area contributed by atoms with Gasteiger partial charge in [0, 0.05) is 12.1 Å². The van der Waals surface area contributed by atoms with Crippen molar-refractivity contribution in [3.63, 3.8) is 0 Å². The highest BCUT2D eigenvalue weighted by Crippen LogP contribution is 2.28. The van der Waals surface area contributed by atoms with Crippen molar-refractivity contribution < 1.29 is 9.59 Å². The second-order valence-corrected chi connectivity index (χ2v) is 7.26. The summed E-state index contributed by atoms with van der Waals surface area (Å²) >= 11 is 0. The smallest absolute Gasteiger partial charge is 0.321 e. The van der Waals surface area contributed by atoms with Crippen molar-refractivity contribution in [3.8, 4) is 0 Å². The van der Waals surface area contributed by atoms with Crippen molar-refractivity contribution >= 4 is 11.9 Å². The lowest BCUT2D eigenvalue weighted by molar-refractivity contribution is -0.124. The molecule has 0 bridgehead atoms. The third-order valence-corrected chi connectivity index (χ3v) is 4.14. The molecule has 5 heteroatoms. The molecule has 0 aliphatic carbocycles. The quantitative estimate of drug-likeness (QED) is 0.900. The molecule has 0 spiro atoms. The molecule has 1 aliphatic heterocycles. The van der Waals surface area contributed by atoms with Crippen LogP contribution in [0.3, 0.4) is 0 Å². The van der Waals surface area contributed by atoms with E-state index in [2.05, 4.69) is 27.7 Å². The summed E-state index contributed by atoms with van der Waals surface area (Å²) in [7, 11) is 0. The van der Waals surface area contributed by atoms with E-state index >= 15 is 0 Å². The maximum atomic E-state index is 12.3. The van der Waals surface area contributed by atoms with E-state index in [4.69, 9.17) is 0 Å². The monoisotopic (exact) mass is 317 g/mol. The zero-order valence-corrected chi connectivity index (χ0v) is 14.4. The predicted molar refractivity (Wildman–Crippen MR) is 91.3 cm³/mol. The van der Waals surface area contributed by atoms with Crippen LogP contribution < -0.4 is 10.6 Å². The molecule has 5 nitrogen and oxygen atoms in total. The molecule has 1 aromatic rings. The first-order chi connectivity index (χ1) is 10.8. The number of carbonyl (C=O) groups is 2. The molecule has 1 aliphatic rings. The van der Waals surface area contributed by atoms with Crippen molar-refractivity contribution in [2.75, 3.05) is 13.1 Å². The Morgan fingerprint density at radius 3 is 2.48 bits per heavy atom. The first-order valence-corrected chi connectivity index (χ1v) is 8.18. The lowest BCUT2D eigenvalue weighted by Crippen LogP contribution is -2.52. The molecule has 126 valence electrons. The summed E-state index contributed by atoms with van der Waals surface area (Å²) < 4.78 is 0. The van der Waals surface area contributed by atoms with Gasteiger partial charge in [0.2, 0.25) is 5.91 Å². The standard InChI is InChI=1S/C18H27N3O2/c1-13(16(22)19-17(23)20-18(2,3)4)21-11-10-15(12-21)14-8-6-5-7-9-14/h5-9,13,15H,10-12H2,1-4H3,(H2,19,20,22,23)/t13-,15-/m0/s1. The number of imide groups is 1. The van der Waals surface area contributed by atoms with Gasteiger partial charge in [-0.3, -0.25) is 15.0 Å². The largest absolute Gasteiger partial charge is 0.333 e. The first kappa shape index (κ1) is 17.5. The Balaban J connectivity index is 1.87. The maximum absolute atomic E-state index is 12.3. The molecule has 0 radical (unpaired) electrons. The van der Waals surface area contributed by atoms with Gasteiger partial charge >= 0.3 is 6.03 Å². The van der Waals surface area contributed by atoms with Gasteiger partial charge in [0.15, 0.2) is 0 Å². The number of likely N-dealkylation sites (tertiary alicyclic amines) is 1. The van der Waals surface area contributed by atoms with E-state index in [1.807, 2.05) is 45.9 Å². The maximum Gasteiger partial charge on any atom is 0.321 e. The molecule has 2 rings (SSSR count). The number of hydrogen-bond acceptors (Lipinski definition) is 3. The second-order valence-electron chi connectivity index (χ2n) is 7.26. The van der Waals surface area contributed by atoms with E-state index in [-0.39, 0.29) is 17.5 Å². The second kappa shape index (κ2) is 7.13. The van der Waals surface area contributed by atoms with Gasteiger partial charge in [-0.15, -0.1) is 0 Å². The van der Waals surface area contributed by atoms with Gasteiger partial charge in [0.05, 0.1) is 6.04 Å². The van der Waals surface area contributed by atoms with Crippen LogP contribution in [0.2, 0.25) is 0 Å².